The summed E-state index contributed by atoms with van der Waals surface area (Å²) in [6.45, 7) is 14.0. The number of likely N-dealkylation sites (tertiary alicyclic amines) is 1. The van der Waals surface area contributed by atoms with Crippen LogP contribution >= 0.6 is 0 Å². The maximum atomic E-state index is 5.64. The lowest BCUT2D eigenvalue weighted by molar-refractivity contribution is -0.0334. The lowest BCUT2D eigenvalue weighted by Crippen LogP contribution is -2.56. The molecule has 0 amide bonds. The van der Waals surface area contributed by atoms with E-state index in [-0.39, 0.29) is 5.54 Å². The van der Waals surface area contributed by atoms with Crippen LogP contribution in [-0.2, 0) is 9.47 Å². The van der Waals surface area contributed by atoms with Gasteiger partial charge < -0.3 is 19.7 Å². The normalized spacial score (nSPS) is 29.9. The van der Waals surface area contributed by atoms with Gasteiger partial charge in [-0.05, 0) is 26.2 Å². The first-order chi connectivity index (χ1) is 14.3. The first-order valence-electron chi connectivity index (χ1n) is 12.0. The summed E-state index contributed by atoms with van der Waals surface area (Å²) in [5, 5.41) is 3.60. The summed E-state index contributed by atoms with van der Waals surface area (Å²) < 4.78 is 11.2. The molecule has 7 nitrogen and oxygen atoms in total. The van der Waals surface area contributed by atoms with Gasteiger partial charge in [-0.15, -0.1) is 0 Å². The fourth-order valence-electron chi connectivity index (χ4n) is 5.64. The van der Waals surface area contributed by atoms with Gasteiger partial charge >= 0.3 is 0 Å². The van der Waals surface area contributed by atoms with E-state index >= 15 is 0 Å². The second-order valence-corrected chi connectivity index (χ2v) is 9.09. The third kappa shape index (κ3) is 5.24. The second kappa shape index (κ2) is 10.4. The second-order valence-electron chi connectivity index (χ2n) is 9.09. The Morgan fingerprint density at radius 1 is 0.966 bits per heavy atom. The monoisotopic (exact) mass is 407 g/mol. The van der Waals surface area contributed by atoms with Crippen LogP contribution in [0.3, 0.4) is 0 Å². The highest BCUT2D eigenvalue weighted by molar-refractivity contribution is 5.80. The van der Waals surface area contributed by atoms with Crippen LogP contribution in [0.5, 0.6) is 0 Å². The van der Waals surface area contributed by atoms with Crippen LogP contribution in [0.1, 0.15) is 45.4 Å². The van der Waals surface area contributed by atoms with Gasteiger partial charge in [0, 0.05) is 57.4 Å². The van der Waals surface area contributed by atoms with E-state index in [1.807, 2.05) is 0 Å². The molecule has 0 aromatic carbocycles. The van der Waals surface area contributed by atoms with Gasteiger partial charge in [-0.1, -0.05) is 19.3 Å². The van der Waals surface area contributed by atoms with Crippen molar-refractivity contribution in [2.75, 3.05) is 78.8 Å². The molecule has 1 atom stereocenters. The van der Waals surface area contributed by atoms with Crippen LogP contribution in [-0.4, -0.2) is 111 Å². The molecular formula is C22H41N5O2. The molecule has 0 aromatic rings. The Morgan fingerprint density at radius 2 is 1.66 bits per heavy atom. The Balaban J connectivity index is 1.42. The minimum Gasteiger partial charge on any atom is -0.379 e. The standard InChI is InChI=1S/C22H41N5O2/c1-2-23-21(26-9-6-20(18-26)25-10-14-28-15-11-25)24-19-22(7-4-3-5-8-22)27-12-16-29-17-13-27/h20H,2-19H2,1H3,(H,23,24). The van der Waals surface area contributed by atoms with E-state index in [2.05, 4.69) is 26.9 Å². The molecule has 0 aromatic heterocycles. The van der Waals surface area contributed by atoms with Crippen molar-refractivity contribution in [1.29, 1.82) is 0 Å². The number of hydrogen-bond acceptors (Lipinski definition) is 5. The van der Waals surface area contributed by atoms with Crippen molar-refractivity contribution in [1.82, 2.24) is 20.0 Å². The third-order valence-corrected chi connectivity index (χ3v) is 7.35. The van der Waals surface area contributed by atoms with Crippen molar-refractivity contribution < 1.29 is 9.47 Å². The fraction of sp³-hybridized carbons (Fsp3) is 0.955. The summed E-state index contributed by atoms with van der Waals surface area (Å²) in [6, 6.07) is 0.644. The first-order valence-corrected chi connectivity index (χ1v) is 12.0. The van der Waals surface area contributed by atoms with E-state index in [4.69, 9.17) is 14.5 Å². The van der Waals surface area contributed by atoms with Crippen molar-refractivity contribution in [2.45, 2.75) is 57.0 Å². The molecule has 4 rings (SSSR count). The number of ether oxygens (including phenoxy) is 2. The Morgan fingerprint density at radius 3 is 2.34 bits per heavy atom. The van der Waals surface area contributed by atoms with Gasteiger partial charge in [0.25, 0.3) is 0 Å². The molecule has 7 heteroatoms. The van der Waals surface area contributed by atoms with E-state index in [1.165, 1.54) is 38.5 Å². The van der Waals surface area contributed by atoms with Gasteiger partial charge in [0.1, 0.15) is 0 Å². The molecule has 29 heavy (non-hydrogen) atoms. The van der Waals surface area contributed by atoms with Crippen molar-refractivity contribution in [3.63, 3.8) is 0 Å². The van der Waals surface area contributed by atoms with Crippen LogP contribution in [0.4, 0.5) is 0 Å². The van der Waals surface area contributed by atoms with Crippen LogP contribution in [0.15, 0.2) is 4.99 Å². The number of nitrogens with one attached hydrogen (secondary N) is 1. The Hall–Kier alpha value is -0.890. The highest BCUT2D eigenvalue weighted by Crippen LogP contribution is 2.34. The average molecular weight is 408 g/mol. The number of hydrogen-bond donors (Lipinski definition) is 1. The Labute approximate surface area is 176 Å². The summed E-state index contributed by atoms with van der Waals surface area (Å²) in [5.41, 5.74) is 0.242. The van der Waals surface area contributed by atoms with Gasteiger partial charge in [-0.2, -0.15) is 0 Å². The number of nitrogens with zero attached hydrogens (tertiary/aromatic N) is 4. The largest absolute Gasteiger partial charge is 0.379 e. The van der Waals surface area contributed by atoms with E-state index in [0.29, 0.717) is 6.04 Å². The average Bonchev–Trinajstić information content (AvgIpc) is 3.29. The molecule has 0 bridgehead atoms. The van der Waals surface area contributed by atoms with E-state index < -0.39 is 0 Å². The van der Waals surface area contributed by atoms with Crippen molar-refractivity contribution in [3.8, 4) is 0 Å². The Kier molecular flexibility index (Phi) is 7.67. The molecule has 166 valence electrons. The van der Waals surface area contributed by atoms with Crippen LogP contribution in [0, 0.1) is 0 Å². The molecule has 1 saturated carbocycles. The number of morpholine rings is 2. The predicted octanol–water partition coefficient (Wildman–Crippen LogP) is 1.39. The zero-order valence-electron chi connectivity index (χ0n) is 18.4. The number of aliphatic imine (C=N–C) groups is 1. The van der Waals surface area contributed by atoms with Crippen LogP contribution in [0.2, 0.25) is 0 Å². The highest BCUT2D eigenvalue weighted by atomic mass is 16.5. The molecule has 4 fully saturated rings. The third-order valence-electron chi connectivity index (χ3n) is 7.35. The molecule has 0 spiro atoms. The summed E-state index contributed by atoms with van der Waals surface area (Å²) in [4.78, 5) is 13.1. The molecule has 1 N–H and O–H groups in total. The molecule has 3 saturated heterocycles. The minimum atomic E-state index is 0.242. The first kappa shape index (κ1) is 21.3. The zero-order valence-corrected chi connectivity index (χ0v) is 18.4. The lowest BCUT2D eigenvalue weighted by atomic mass is 9.80. The summed E-state index contributed by atoms with van der Waals surface area (Å²) >= 11 is 0. The predicted molar refractivity (Wildman–Crippen MR) is 117 cm³/mol. The maximum Gasteiger partial charge on any atom is 0.194 e. The number of guanidine groups is 1. The van der Waals surface area contributed by atoms with Crippen molar-refractivity contribution in [3.05, 3.63) is 0 Å². The van der Waals surface area contributed by atoms with Crippen molar-refractivity contribution >= 4 is 5.96 Å². The van der Waals surface area contributed by atoms with E-state index in [9.17, 15) is 0 Å². The van der Waals surface area contributed by atoms with Gasteiger partial charge in [0.2, 0.25) is 0 Å². The molecule has 3 aliphatic heterocycles. The summed E-state index contributed by atoms with van der Waals surface area (Å²) in [7, 11) is 0. The highest BCUT2D eigenvalue weighted by Gasteiger charge is 2.39. The fourth-order valence-corrected chi connectivity index (χ4v) is 5.64. The zero-order chi connectivity index (χ0) is 19.9. The molecule has 1 unspecified atom stereocenters. The lowest BCUT2D eigenvalue weighted by Gasteiger charge is -2.47. The summed E-state index contributed by atoms with van der Waals surface area (Å²) in [5.74, 6) is 1.13. The molecule has 1 aliphatic carbocycles. The van der Waals surface area contributed by atoms with Crippen LogP contribution in [0.25, 0.3) is 0 Å². The van der Waals surface area contributed by atoms with Gasteiger partial charge in [0.05, 0.1) is 33.0 Å². The Bertz CT molecular complexity index is 525. The summed E-state index contributed by atoms with van der Waals surface area (Å²) in [6.07, 6.45) is 7.86. The van der Waals surface area contributed by atoms with E-state index in [0.717, 1.165) is 84.7 Å². The topological polar surface area (TPSA) is 52.6 Å². The molecule has 4 aliphatic rings. The molecule has 0 radical (unpaired) electrons. The smallest absolute Gasteiger partial charge is 0.194 e. The SMILES string of the molecule is CCNC(=NCC1(N2CCOCC2)CCCCC1)N1CCC(N2CCOCC2)C1. The van der Waals surface area contributed by atoms with Gasteiger partial charge in [-0.3, -0.25) is 14.8 Å². The number of rotatable bonds is 5. The van der Waals surface area contributed by atoms with Gasteiger partial charge in [0.15, 0.2) is 5.96 Å². The molecule has 3 heterocycles. The van der Waals surface area contributed by atoms with Crippen molar-refractivity contribution in [2.24, 2.45) is 4.99 Å². The van der Waals surface area contributed by atoms with E-state index in [1.54, 1.807) is 0 Å². The quantitative estimate of drug-likeness (QED) is 0.549. The van der Waals surface area contributed by atoms with Crippen LogP contribution < -0.4 is 5.32 Å². The van der Waals surface area contributed by atoms with Gasteiger partial charge in [-0.25, -0.2) is 0 Å². The maximum absolute atomic E-state index is 5.64. The molecular weight excluding hydrogens is 366 g/mol. The minimum absolute atomic E-state index is 0.242.